The van der Waals surface area contributed by atoms with E-state index in [0.717, 1.165) is 54.3 Å². The zero-order valence-corrected chi connectivity index (χ0v) is 13.8. The maximum atomic E-state index is 4.81. The molecule has 0 unspecified atom stereocenters. The topological polar surface area (TPSA) is 44.3 Å². The molecular formula is C19H21N5. The molecule has 1 N–H and O–H groups in total. The molecular weight excluding hydrogens is 298 g/mol. The van der Waals surface area contributed by atoms with E-state index >= 15 is 0 Å². The van der Waals surface area contributed by atoms with Crippen molar-refractivity contribution in [1.29, 1.82) is 0 Å². The lowest BCUT2D eigenvalue weighted by Crippen LogP contribution is -2.47. The number of anilines is 1. The molecule has 4 rings (SSSR count). The van der Waals surface area contributed by atoms with E-state index < -0.39 is 0 Å². The van der Waals surface area contributed by atoms with Gasteiger partial charge in [0.15, 0.2) is 11.6 Å². The second-order valence-electron chi connectivity index (χ2n) is 6.18. The Kier molecular flexibility index (Phi) is 4.11. The normalized spacial score (nSPS) is 16.4. The Hall–Kier alpha value is -2.50. The lowest BCUT2D eigenvalue weighted by Gasteiger charge is -2.33. The van der Waals surface area contributed by atoms with Gasteiger partial charge in [-0.25, -0.2) is 15.0 Å². The van der Waals surface area contributed by atoms with Crippen LogP contribution in [0.3, 0.4) is 0 Å². The predicted octanol–water partition coefficient (Wildman–Crippen LogP) is 2.87. The number of piperazine rings is 1. The molecule has 1 aliphatic rings. The van der Waals surface area contributed by atoms with Gasteiger partial charge < -0.3 is 10.3 Å². The van der Waals surface area contributed by atoms with Crippen molar-refractivity contribution in [2.24, 2.45) is 0 Å². The lowest BCUT2D eigenvalue weighted by atomic mass is 10.2. The van der Waals surface area contributed by atoms with Crippen LogP contribution < -0.4 is 5.43 Å². The highest BCUT2D eigenvalue weighted by Crippen LogP contribution is 2.25. The second-order valence-corrected chi connectivity index (χ2v) is 6.18. The molecule has 0 radical (unpaired) electrons. The largest absolute Gasteiger partial charge is 0.304 e. The molecule has 1 saturated heterocycles. The number of fused-ring (bicyclic) bond motifs is 1. The number of nitrogens with zero attached hydrogens (tertiary/aromatic N) is 4. The van der Waals surface area contributed by atoms with Crippen molar-refractivity contribution >= 4 is 16.7 Å². The van der Waals surface area contributed by atoms with E-state index in [-0.39, 0.29) is 0 Å². The van der Waals surface area contributed by atoms with E-state index in [1.807, 2.05) is 48.5 Å². The van der Waals surface area contributed by atoms with Gasteiger partial charge in [-0.15, -0.1) is 0 Å². The third kappa shape index (κ3) is 3.09. The number of hydrogen-bond acceptors (Lipinski definition) is 5. The van der Waals surface area contributed by atoms with Crippen LogP contribution in [-0.2, 0) is 0 Å². The Morgan fingerprint density at radius 3 is 2.33 bits per heavy atom. The maximum Gasteiger partial charge on any atom is 0.162 e. The standard InChI is InChI=1S/C19H21N5/c1-23-11-13-24(14-12-23)22-19-16-9-5-6-10-17(16)20-18(21-19)15-7-3-2-4-8-15/h2-10H,11-14H2,1H3,(H,20,21,22). The summed E-state index contributed by atoms with van der Waals surface area (Å²) in [5.74, 6) is 1.63. The summed E-state index contributed by atoms with van der Waals surface area (Å²) in [6.45, 7) is 4.08. The summed E-state index contributed by atoms with van der Waals surface area (Å²) >= 11 is 0. The van der Waals surface area contributed by atoms with E-state index in [4.69, 9.17) is 9.97 Å². The highest BCUT2D eigenvalue weighted by atomic mass is 15.5. The summed E-state index contributed by atoms with van der Waals surface area (Å²) in [7, 11) is 2.16. The molecule has 1 aliphatic heterocycles. The van der Waals surface area contributed by atoms with Gasteiger partial charge in [0.25, 0.3) is 0 Å². The fourth-order valence-electron chi connectivity index (χ4n) is 2.95. The van der Waals surface area contributed by atoms with Crippen LogP contribution in [0, 0.1) is 0 Å². The molecule has 0 amide bonds. The van der Waals surface area contributed by atoms with Crippen LogP contribution in [0.2, 0.25) is 0 Å². The minimum atomic E-state index is 0.755. The number of benzene rings is 2. The van der Waals surface area contributed by atoms with Crippen molar-refractivity contribution in [2.75, 3.05) is 38.7 Å². The molecule has 5 nitrogen and oxygen atoms in total. The van der Waals surface area contributed by atoms with Crippen molar-refractivity contribution in [3.8, 4) is 11.4 Å². The summed E-state index contributed by atoms with van der Waals surface area (Å²) in [5.41, 5.74) is 5.50. The number of hydrazine groups is 1. The maximum absolute atomic E-state index is 4.81. The molecule has 24 heavy (non-hydrogen) atoms. The SMILES string of the molecule is CN1CCN(Nc2nc(-c3ccccc3)nc3ccccc23)CC1. The number of aromatic nitrogens is 2. The van der Waals surface area contributed by atoms with Crippen molar-refractivity contribution in [3.63, 3.8) is 0 Å². The molecule has 0 spiro atoms. The number of para-hydroxylation sites is 1. The molecule has 0 bridgehead atoms. The molecule has 2 heterocycles. The quantitative estimate of drug-likeness (QED) is 0.804. The molecule has 1 fully saturated rings. The van der Waals surface area contributed by atoms with Crippen LogP contribution in [0.1, 0.15) is 0 Å². The number of likely N-dealkylation sites (N-methyl/N-ethyl adjacent to an activating group) is 1. The Morgan fingerprint density at radius 1 is 0.833 bits per heavy atom. The van der Waals surface area contributed by atoms with Crippen LogP contribution in [0.15, 0.2) is 54.6 Å². The molecule has 122 valence electrons. The third-order valence-electron chi connectivity index (χ3n) is 4.40. The summed E-state index contributed by atoms with van der Waals surface area (Å²) in [4.78, 5) is 11.9. The molecule has 1 aromatic heterocycles. The van der Waals surface area contributed by atoms with Crippen LogP contribution in [0.4, 0.5) is 5.82 Å². The van der Waals surface area contributed by atoms with Gasteiger partial charge in [-0.1, -0.05) is 42.5 Å². The number of nitrogens with one attached hydrogen (secondary N) is 1. The third-order valence-corrected chi connectivity index (χ3v) is 4.40. The van der Waals surface area contributed by atoms with Crippen LogP contribution in [0.5, 0.6) is 0 Å². The van der Waals surface area contributed by atoms with E-state index in [0.29, 0.717) is 0 Å². The Morgan fingerprint density at radius 2 is 1.54 bits per heavy atom. The predicted molar refractivity (Wildman–Crippen MR) is 97.7 cm³/mol. The summed E-state index contributed by atoms with van der Waals surface area (Å²) < 4.78 is 0. The van der Waals surface area contributed by atoms with Crippen molar-refractivity contribution in [2.45, 2.75) is 0 Å². The fourth-order valence-corrected chi connectivity index (χ4v) is 2.95. The van der Waals surface area contributed by atoms with Crippen molar-refractivity contribution < 1.29 is 0 Å². The average Bonchev–Trinajstić information content (AvgIpc) is 2.64. The van der Waals surface area contributed by atoms with Crippen molar-refractivity contribution in [1.82, 2.24) is 19.9 Å². The Balaban J connectivity index is 1.72. The minimum Gasteiger partial charge on any atom is -0.304 e. The first-order valence-corrected chi connectivity index (χ1v) is 8.32. The van der Waals surface area contributed by atoms with Crippen LogP contribution in [0.25, 0.3) is 22.3 Å². The molecule has 0 aliphatic carbocycles. The first-order chi connectivity index (χ1) is 11.8. The average molecular weight is 319 g/mol. The molecule has 3 aromatic rings. The van der Waals surface area contributed by atoms with Gasteiger partial charge in [-0.3, -0.25) is 0 Å². The van der Waals surface area contributed by atoms with Crippen LogP contribution in [-0.4, -0.2) is 53.1 Å². The van der Waals surface area contributed by atoms with Crippen molar-refractivity contribution in [3.05, 3.63) is 54.6 Å². The van der Waals surface area contributed by atoms with E-state index in [9.17, 15) is 0 Å². The van der Waals surface area contributed by atoms with E-state index in [1.165, 1.54) is 0 Å². The van der Waals surface area contributed by atoms with Gasteiger partial charge in [-0.2, -0.15) is 0 Å². The molecule has 5 heteroatoms. The second kappa shape index (κ2) is 6.55. The highest BCUT2D eigenvalue weighted by Gasteiger charge is 2.16. The number of hydrogen-bond donors (Lipinski definition) is 1. The monoisotopic (exact) mass is 319 g/mol. The van der Waals surface area contributed by atoms with Gasteiger partial charge in [0.2, 0.25) is 0 Å². The van der Waals surface area contributed by atoms with Gasteiger partial charge in [0.1, 0.15) is 0 Å². The van der Waals surface area contributed by atoms with Gasteiger partial charge in [0.05, 0.1) is 5.52 Å². The van der Waals surface area contributed by atoms with E-state index in [1.54, 1.807) is 0 Å². The zero-order chi connectivity index (χ0) is 16.4. The summed E-state index contributed by atoms with van der Waals surface area (Å²) in [6, 6.07) is 18.3. The summed E-state index contributed by atoms with van der Waals surface area (Å²) in [6.07, 6.45) is 0. The van der Waals surface area contributed by atoms with Crippen LogP contribution >= 0.6 is 0 Å². The molecule has 0 atom stereocenters. The fraction of sp³-hybridized carbons (Fsp3) is 0.263. The van der Waals surface area contributed by atoms with E-state index in [2.05, 4.69) is 28.4 Å². The first-order valence-electron chi connectivity index (χ1n) is 8.32. The Labute approximate surface area is 141 Å². The summed E-state index contributed by atoms with van der Waals surface area (Å²) in [5, 5.41) is 3.29. The Bertz CT molecular complexity index is 826. The molecule has 2 aromatic carbocycles. The zero-order valence-electron chi connectivity index (χ0n) is 13.8. The van der Waals surface area contributed by atoms with Gasteiger partial charge in [0, 0.05) is 37.1 Å². The first kappa shape index (κ1) is 15.1. The smallest absolute Gasteiger partial charge is 0.162 e. The van der Waals surface area contributed by atoms with Gasteiger partial charge >= 0.3 is 0 Å². The van der Waals surface area contributed by atoms with Gasteiger partial charge in [-0.05, 0) is 19.2 Å². The number of rotatable bonds is 3. The minimum absolute atomic E-state index is 0.755. The lowest BCUT2D eigenvalue weighted by molar-refractivity contribution is 0.178. The highest BCUT2D eigenvalue weighted by molar-refractivity contribution is 5.90. The molecule has 0 saturated carbocycles.